The lowest BCUT2D eigenvalue weighted by atomic mass is 9.47. The van der Waals surface area contributed by atoms with E-state index in [1.54, 1.807) is 0 Å². The van der Waals surface area contributed by atoms with Gasteiger partial charge in [0, 0.05) is 27.7 Å². The fourth-order valence-electron chi connectivity index (χ4n) is 11.6. The van der Waals surface area contributed by atoms with Crippen LogP contribution in [-0.2, 0) is 47.6 Å². The van der Waals surface area contributed by atoms with Crippen molar-refractivity contribution in [3.05, 3.63) is 23.8 Å². The highest BCUT2D eigenvalue weighted by Crippen LogP contribution is 2.67. The lowest BCUT2D eigenvalue weighted by molar-refractivity contribution is -0.318. The molecule has 304 valence electrons. The third-order valence-electron chi connectivity index (χ3n) is 14.2. The van der Waals surface area contributed by atoms with Gasteiger partial charge in [0.2, 0.25) is 0 Å². The van der Waals surface area contributed by atoms with Crippen molar-refractivity contribution in [2.45, 2.75) is 171 Å². The first-order valence-corrected chi connectivity index (χ1v) is 20.6. The highest BCUT2D eigenvalue weighted by molar-refractivity contribution is 5.68. The average molecular weight is 757 g/mol. The number of hydrogen-bond acceptors (Lipinski definition) is 10. The number of allylic oxidation sites excluding steroid dienone is 3. The molecule has 5 rings (SSSR count). The van der Waals surface area contributed by atoms with Crippen molar-refractivity contribution in [2.24, 2.45) is 51.8 Å². The van der Waals surface area contributed by atoms with E-state index in [0.717, 1.165) is 25.2 Å². The zero-order valence-corrected chi connectivity index (χ0v) is 34.8. The second kappa shape index (κ2) is 16.8. The van der Waals surface area contributed by atoms with Gasteiger partial charge in [-0.2, -0.15) is 0 Å². The van der Waals surface area contributed by atoms with Crippen molar-refractivity contribution in [1.29, 1.82) is 0 Å². The van der Waals surface area contributed by atoms with Gasteiger partial charge in [0.25, 0.3) is 0 Å². The molecule has 0 aromatic heterocycles. The van der Waals surface area contributed by atoms with Crippen molar-refractivity contribution in [2.75, 3.05) is 6.61 Å². The van der Waals surface area contributed by atoms with Gasteiger partial charge < -0.3 is 28.4 Å². The number of carbonyl (C=O) groups excluding carboxylic acids is 4. The quantitative estimate of drug-likeness (QED) is 0.116. The van der Waals surface area contributed by atoms with Crippen molar-refractivity contribution in [3.8, 4) is 0 Å². The lowest BCUT2D eigenvalue weighted by Crippen LogP contribution is -2.63. The molecule has 4 aliphatic carbocycles. The summed E-state index contributed by atoms with van der Waals surface area (Å²) in [6.07, 6.45) is 11.3. The Morgan fingerprint density at radius 1 is 0.852 bits per heavy atom. The molecule has 1 heterocycles. The van der Waals surface area contributed by atoms with Gasteiger partial charge in [0.15, 0.2) is 24.6 Å². The van der Waals surface area contributed by atoms with Crippen molar-refractivity contribution in [3.63, 3.8) is 0 Å². The van der Waals surface area contributed by atoms with Gasteiger partial charge in [-0.1, -0.05) is 72.3 Å². The Kier molecular flexibility index (Phi) is 13.2. The van der Waals surface area contributed by atoms with Crippen LogP contribution in [0.3, 0.4) is 0 Å². The fraction of sp³-hybridized carbons (Fsp3) is 0.818. The predicted molar refractivity (Wildman–Crippen MR) is 204 cm³/mol. The van der Waals surface area contributed by atoms with Gasteiger partial charge in [-0.25, -0.2) is 0 Å². The number of carbonyl (C=O) groups is 4. The number of rotatable bonds is 11. The highest BCUT2D eigenvalue weighted by atomic mass is 16.7. The van der Waals surface area contributed by atoms with Crippen LogP contribution in [0, 0.1) is 51.8 Å². The normalized spacial score (nSPS) is 38.9. The summed E-state index contributed by atoms with van der Waals surface area (Å²) in [7, 11) is 0. The molecule has 54 heavy (non-hydrogen) atoms. The topological polar surface area (TPSA) is 124 Å². The molecule has 5 unspecified atom stereocenters. The van der Waals surface area contributed by atoms with E-state index in [-0.39, 0.29) is 23.5 Å². The number of ether oxygens (including phenoxy) is 6. The maximum absolute atomic E-state index is 12.4. The number of hydrogen-bond donors (Lipinski definition) is 0. The average Bonchev–Trinajstić information content (AvgIpc) is 3.43. The van der Waals surface area contributed by atoms with Crippen molar-refractivity contribution < 1.29 is 47.6 Å². The Morgan fingerprint density at radius 3 is 2.11 bits per heavy atom. The van der Waals surface area contributed by atoms with E-state index >= 15 is 0 Å². The first-order valence-electron chi connectivity index (χ1n) is 20.6. The number of fused-ring (bicyclic) bond motifs is 5. The maximum atomic E-state index is 12.4. The molecule has 14 atom stereocenters. The molecule has 0 amide bonds. The molecule has 0 aromatic rings. The van der Waals surface area contributed by atoms with E-state index in [9.17, 15) is 19.2 Å². The lowest BCUT2D eigenvalue weighted by Gasteiger charge is -2.58. The van der Waals surface area contributed by atoms with Crippen LogP contribution in [0.4, 0.5) is 0 Å². The zero-order valence-electron chi connectivity index (χ0n) is 34.8. The van der Waals surface area contributed by atoms with Gasteiger partial charge in [0.05, 0.1) is 6.10 Å². The summed E-state index contributed by atoms with van der Waals surface area (Å²) in [6, 6.07) is 0. The third-order valence-corrected chi connectivity index (χ3v) is 14.2. The molecule has 0 aromatic carbocycles. The minimum atomic E-state index is -1.24. The van der Waals surface area contributed by atoms with Gasteiger partial charge in [0.1, 0.15) is 12.7 Å². The molecule has 5 aliphatic rings. The van der Waals surface area contributed by atoms with Gasteiger partial charge >= 0.3 is 23.9 Å². The predicted octanol–water partition coefficient (Wildman–Crippen LogP) is 8.30. The van der Waals surface area contributed by atoms with Gasteiger partial charge in [-0.15, -0.1) is 0 Å². The van der Waals surface area contributed by atoms with Crippen LogP contribution in [0.2, 0.25) is 0 Å². The van der Waals surface area contributed by atoms with E-state index in [0.29, 0.717) is 41.4 Å². The Balaban J connectivity index is 1.33. The molecular formula is C44H68O10. The Hall–Kier alpha value is -2.72. The van der Waals surface area contributed by atoms with Crippen LogP contribution in [0.1, 0.15) is 134 Å². The monoisotopic (exact) mass is 756 g/mol. The number of esters is 4. The molecule has 0 spiro atoms. The van der Waals surface area contributed by atoms with E-state index in [2.05, 4.69) is 66.7 Å². The van der Waals surface area contributed by atoms with Gasteiger partial charge in [-0.05, 0) is 110 Å². The Morgan fingerprint density at radius 2 is 1.50 bits per heavy atom. The van der Waals surface area contributed by atoms with Crippen LogP contribution in [0.15, 0.2) is 23.8 Å². The summed E-state index contributed by atoms with van der Waals surface area (Å²) >= 11 is 0. The molecule has 1 aliphatic heterocycles. The molecule has 0 N–H and O–H groups in total. The van der Waals surface area contributed by atoms with Crippen LogP contribution in [-0.4, -0.2) is 67.3 Å². The third kappa shape index (κ3) is 8.95. The molecule has 10 nitrogen and oxygen atoms in total. The largest absolute Gasteiger partial charge is 0.463 e. The highest BCUT2D eigenvalue weighted by Gasteiger charge is 2.60. The van der Waals surface area contributed by atoms with Crippen LogP contribution in [0.25, 0.3) is 0 Å². The SMILES string of the molecule is CCC(/C=C/C(C)[C@H]1CCC2C3CC=C4C[C@@H](O[C@@H]5O[C@H](COC(C)=O)[C@@H](OC(C)=O)[C@H](OC(C)=O)[C@H]5OC(C)=O)CC[C@]4(C)C3CC[C@@]21C)C(C)(C)C. The molecule has 0 bridgehead atoms. The van der Waals surface area contributed by atoms with E-state index < -0.39 is 54.6 Å². The van der Waals surface area contributed by atoms with E-state index in [4.69, 9.17) is 28.4 Å². The molecule has 3 saturated carbocycles. The van der Waals surface area contributed by atoms with E-state index in [1.165, 1.54) is 65.4 Å². The second-order valence-electron chi connectivity index (χ2n) is 18.7. The summed E-state index contributed by atoms with van der Waals surface area (Å²) in [4.78, 5) is 48.6. The first-order chi connectivity index (χ1) is 25.3. The van der Waals surface area contributed by atoms with Crippen LogP contribution >= 0.6 is 0 Å². The molecule has 10 heteroatoms. The Labute approximate surface area is 323 Å². The second-order valence-corrected chi connectivity index (χ2v) is 18.7. The molecule has 4 fully saturated rings. The van der Waals surface area contributed by atoms with Gasteiger partial charge in [-0.3, -0.25) is 19.2 Å². The standard InChI is InChI=1S/C44H68O10/c1-12-30(42(7,8)9)14-13-25(2)34-17-18-35-33-16-15-31-23-32(19-21-43(31,10)36(33)20-22-44(34,35)11)53-41-40(52-29(6)48)39(51-28(5)47)38(50-27(4)46)37(54-41)24-49-26(3)45/h13-15,25,30,32-41H,12,16-24H2,1-11H3/b14-13+/t25?,30?,32-,33?,34+,35?,36?,37+,38+,39-,40+,41+,43-,44+/m0/s1. The zero-order chi connectivity index (χ0) is 39.7. The summed E-state index contributed by atoms with van der Waals surface area (Å²) in [6.45, 7) is 21.6. The molecule has 1 saturated heterocycles. The smallest absolute Gasteiger partial charge is 0.303 e. The minimum absolute atomic E-state index is 0.0794. The van der Waals surface area contributed by atoms with Crippen molar-refractivity contribution in [1.82, 2.24) is 0 Å². The summed E-state index contributed by atoms with van der Waals surface area (Å²) < 4.78 is 35.1. The summed E-state index contributed by atoms with van der Waals surface area (Å²) in [5.41, 5.74) is 2.13. The van der Waals surface area contributed by atoms with Crippen LogP contribution < -0.4 is 0 Å². The van der Waals surface area contributed by atoms with Crippen molar-refractivity contribution >= 4 is 23.9 Å². The first kappa shape index (κ1) is 42.4. The summed E-state index contributed by atoms with van der Waals surface area (Å²) in [5.74, 6) is 1.39. The molecular weight excluding hydrogens is 688 g/mol. The maximum Gasteiger partial charge on any atom is 0.303 e. The molecule has 0 radical (unpaired) electrons. The van der Waals surface area contributed by atoms with E-state index in [1.807, 2.05) is 0 Å². The summed E-state index contributed by atoms with van der Waals surface area (Å²) in [5, 5.41) is 0. The Bertz CT molecular complexity index is 1440. The fourth-order valence-corrected chi connectivity index (χ4v) is 11.6. The minimum Gasteiger partial charge on any atom is -0.463 e. The van der Waals surface area contributed by atoms with Crippen LogP contribution in [0.5, 0.6) is 0 Å².